The molecule has 0 atom stereocenters. The highest BCUT2D eigenvalue weighted by Crippen LogP contribution is 2.22. The lowest BCUT2D eigenvalue weighted by Crippen LogP contribution is -2.19. The molecule has 0 aliphatic rings. The molecule has 2 aromatic carbocycles. The number of fused-ring (bicyclic) bond motifs is 1. The predicted molar refractivity (Wildman–Crippen MR) is 96.0 cm³/mol. The summed E-state index contributed by atoms with van der Waals surface area (Å²) in [6, 6.07) is 12.5. The molecule has 118 valence electrons. The molecule has 3 aromatic rings. The summed E-state index contributed by atoms with van der Waals surface area (Å²) in [5.41, 5.74) is 6.65. The van der Waals surface area contributed by atoms with Gasteiger partial charge in [-0.2, -0.15) is 0 Å². The first-order chi connectivity index (χ1) is 10.9. The van der Waals surface area contributed by atoms with Gasteiger partial charge >= 0.3 is 0 Å². The Balaban J connectivity index is 1.82. The van der Waals surface area contributed by atoms with Gasteiger partial charge in [-0.3, -0.25) is 4.79 Å². The van der Waals surface area contributed by atoms with Crippen LogP contribution in [0.15, 0.2) is 42.6 Å². The number of nitrogens with zero attached hydrogens (tertiary/aromatic N) is 1. The van der Waals surface area contributed by atoms with E-state index < -0.39 is 0 Å². The van der Waals surface area contributed by atoms with E-state index in [9.17, 15) is 4.79 Å². The van der Waals surface area contributed by atoms with Crippen LogP contribution < -0.4 is 5.32 Å². The highest BCUT2D eigenvalue weighted by Gasteiger charge is 2.10. The van der Waals surface area contributed by atoms with Crippen LogP contribution in [0, 0.1) is 27.7 Å². The topological polar surface area (TPSA) is 34.0 Å². The summed E-state index contributed by atoms with van der Waals surface area (Å²) in [6.45, 7) is 8.53. The van der Waals surface area contributed by atoms with E-state index in [1.165, 1.54) is 16.5 Å². The van der Waals surface area contributed by atoms with E-state index in [0.717, 1.165) is 22.3 Å². The SMILES string of the molecule is Cc1cc(C)c(NC(=O)Cn2ccc3cc(C)ccc32)c(C)c1. The highest BCUT2D eigenvalue weighted by atomic mass is 16.1. The van der Waals surface area contributed by atoms with Gasteiger partial charge in [0.1, 0.15) is 6.54 Å². The summed E-state index contributed by atoms with van der Waals surface area (Å²) < 4.78 is 1.99. The predicted octanol–water partition coefficient (Wildman–Crippen LogP) is 4.51. The number of anilines is 1. The minimum Gasteiger partial charge on any atom is -0.338 e. The zero-order valence-corrected chi connectivity index (χ0v) is 14.1. The normalized spacial score (nSPS) is 11.0. The standard InChI is InChI=1S/C20H22N2O/c1-13-5-6-18-17(11-13)7-8-22(18)12-19(23)21-20-15(3)9-14(2)10-16(20)4/h5-11H,12H2,1-4H3,(H,21,23). The van der Waals surface area contributed by atoms with Gasteiger partial charge < -0.3 is 9.88 Å². The van der Waals surface area contributed by atoms with Gasteiger partial charge in [-0.1, -0.05) is 29.3 Å². The summed E-state index contributed by atoms with van der Waals surface area (Å²) in [7, 11) is 0. The summed E-state index contributed by atoms with van der Waals surface area (Å²) in [5, 5.41) is 4.23. The van der Waals surface area contributed by atoms with Crippen molar-refractivity contribution in [1.29, 1.82) is 0 Å². The van der Waals surface area contributed by atoms with E-state index in [-0.39, 0.29) is 5.91 Å². The van der Waals surface area contributed by atoms with Crippen LogP contribution in [-0.4, -0.2) is 10.5 Å². The van der Waals surface area contributed by atoms with Crippen LogP contribution in [-0.2, 0) is 11.3 Å². The first kappa shape index (κ1) is 15.3. The number of rotatable bonds is 3. The molecule has 1 amide bonds. The van der Waals surface area contributed by atoms with Crippen molar-refractivity contribution in [3.8, 4) is 0 Å². The zero-order valence-electron chi connectivity index (χ0n) is 14.1. The van der Waals surface area contributed by atoms with Gasteiger partial charge in [-0.25, -0.2) is 0 Å². The van der Waals surface area contributed by atoms with Crippen LogP contribution >= 0.6 is 0 Å². The molecule has 1 aromatic heterocycles. The molecule has 0 spiro atoms. The average Bonchev–Trinajstić information content (AvgIpc) is 2.85. The molecule has 0 unspecified atom stereocenters. The maximum absolute atomic E-state index is 12.4. The number of nitrogens with one attached hydrogen (secondary N) is 1. The fourth-order valence-electron chi connectivity index (χ4n) is 3.17. The first-order valence-corrected chi connectivity index (χ1v) is 7.87. The van der Waals surface area contributed by atoms with Crippen molar-refractivity contribution in [2.45, 2.75) is 34.2 Å². The Morgan fingerprint density at radius 1 is 0.957 bits per heavy atom. The molecule has 3 nitrogen and oxygen atoms in total. The van der Waals surface area contributed by atoms with Crippen molar-refractivity contribution >= 4 is 22.5 Å². The second kappa shape index (κ2) is 5.92. The van der Waals surface area contributed by atoms with E-state index >= 15 is 0 Å². The molecule has 1 N–H and O–H groups in total. The Labute approximate surface area is 136 Å². The lowest BCUT2D eigenvalue weighted by atomic mass is 10.1. The molecule has 0 saturated heterocycles. The number of carbonyl (C=O) groups excluding carboxylic acids is 1. The molecular formula is C20H22N2O. The Kier molecular flexibility index (Phi) is 3.95. The summed E-state index contributed by atoms with van der Waals surface area (Å²) >= 11 is 0. The summed E-state index contributed by atoms with van der Waals surface area (Å²) in [4.78, 5) is 12.4. The molecular weight excluding hydrogens is 284 g/mol. The van der Waals surface area contributed by atoms with Gasteiger partial charge in [-0.15, -0.1) is 0 Å². The monoisotopic (exact) mass is 306 g/mol. The van der Waals surface area contributed by atoms with Crippen molar-refractivity contribution < 1.29 is 4.79 Å². The lowest BCUT2D eigenvalue weighted by molar-refractivity contribution is -0.116. The Morgan fingerprint density at radius 3 is 2.35 bits per heavy atom. The minimum absolute atomic E-state index is 0.00173. The van der Waals surface area contributed by atoms with Gasteiger partial charge in [-0.05, 0) is 62.4 Å². The Morgan fingerprint density at radius 2 is 1.65 bits per heavy atom. The number of benzene rings is 2. The fraction of sp³-hybridized carbons (Fsp3) is 0.250. The molecule has 0 bridgehead atoms. The number of aromatic nitrogens is 1. The van der Waals surface area contributed by atoms with Gasteiger partial charge in [0.2, 0.25) is 5.91 Å². The second-order valence-electron chi connectivity index (χ2n) is 6.33. The molecule has 0 saturated carbocycles. The first-order valence-electron chi connectivity index (χ1n) is 7.87. The lowest BCUT2D eigenvalue weighted by Gasteiger charge is -2.13. The second-order valence-corrected chi connectivity index (χ2v) is 6.33. The van der Waals surface area contributed by atoms with E-state index in [0.29, 0.717) is 6.54 Å². The van der Waals surface area contributed by atoms with Crippen molar-refractivity contribution in [3.05, 3.63) is 64.8 Å². The zero-order chi connectivity index (χ0) is 16.6. The van der Waals surface area contributed by atoms with E-state index in [4.69, 9.17) is 0 Å². The van der Waals surface area contributed by atoms with Crippen LogP contribution in [0.4, 0.5) is 5.69 Å². The quantitative estimate of drug-likeness (QED) is 0.759. The smallest absolute Gasteiger partial charge is 0.244 e. The third-order valence-corrected chi connectivity index (χ3v) is 4.18. The Bertz CT molecular complexity index is 867. The van der Waals surface area contributed by atoms with Crippen LogP contribution in [0.5, 0.6) is 0 Å². The number of hydrogen-bond donors (Lipinski definition) is 1. The van der Waals surface area contributed by atoms with Crippen molar-refractivity contribution in [3.63, 3.8) is 0 Å². The van der Waals surface area contributed by atoms with Gasteiger partial charge in [0, 0.05) is 17.4 Å². The third-order valence-electron chi connectivity index (χ3n) is 4.18. The molecule has 0 radical (unpaired) electrons. The molecule has 3 rings (SSSR count). The van der Waals surface area contributed by atoms with Crippen LogP contribution in [0.1, 0.15) is 22.3 Å². The maximum Gasteiger partial charge on any atom is 0.244 e. The van der Waals surface area contributed by atoms with Crippen molar-refractivity contribution in [2.75, 3.05) is 5.32 Å². The Hall–Kier alpha value is -2.55. The fourth-order valence-corrected chi connectivity index (χ4v) is 3.17. The number of hydrogen-bond acceptors (Lipinski definition) is 1. The molecule has 1 heterocycles. The molecule has 23 heavy (non-hydrogen) atoms. The van der Waals surface area contributed by atoms with E-state index in [1.54, 1.807) is 0 Å². The van der Waals surface area contributed by atoms with Crippen molar-refractivity contribution in [1.82, 2.24) is 4.57 Å². The van der Waals surface area contributed by atoms with Gasteiger partial charge in [0.05, 0.1) is 0 Å². The van der Waals surface area contributed by atoms with Crippen molar-refractivity contribution in [2.24, 2.45) is 0 Å². The minimum atomic E-state index is -0.00173. The van der Waals surface area contributed by atoms with E-state index in [2.05, 4.69) is 55.6 Å². The summed E-state index contributed by atoms with van der Waals surface area (Å²) in [5.74, 6) is -0.00173. The van der Waals surface area contributed by atoms with Crippen LogP contribution in [0.2, 0.25) is 0 Å². The van der Waals surface area contributed by atoms with Gasteiger partial charge in [0.15, 0.2) is 0 Å². The molecule has 0 fully saturated rings. The third kappa shape index (κ3) is 3.14. The average molecular weight is 306 g/mol. The largest absolute Gasteiger partial charge is 0.338 e. The number of amides is 1. The summed E-state index contributed by atoms with van der Waals surface area (Å²) in [6.07, 6.45) is 1.97. The maximum atomic E-state index is 12.4. The highest BCUT2D eigenvalue weighted by molar-refractivity contribution is 5.93. The van der Waals surface area contributed by atoms with Crippen LogP contribution in [0.3, 0.4) is 0 Å². The van der Waals surface area contributed by atoms with Gasteiger partial charge in [0.25, 0.3) is 0 Å². The van der Waals surface area contributed by atoms with E-state index in [1.807, 2.05) is 24.6 Å². The molecule has 0 aliphatic heterocycles. The number of carbonyl (C=O) groups is 1. The molecule has 0 aliphatic carbocycles. The number of aryl methyl sites for hydroxylation is 4. The molecule has 3 heteroatoms. The van der Waals surface area contributed by atoms with Crippen LogP contribution in [0.25, 0.3) is 10.9 Å².